The second-order valence-electron chi connectivity index (χ2n) is 5.67. The number of imidazole rings is 1. The van der Waals surface area contributed by atoms with Gasteiger partial charge in [0, 0.05) is 29.5 Å². The Kier molecular flexibility index (Phi) is 3.20. The Balaban J connectivity index is 2.04. The monoisotopic (exact) mass is 319 g/mol. The molecule has 1 fully saturated rings. The number of carbonyl (C=O) groups is 1. The van der Waals surface area contributed by atoms with Crippen molar-refractivity contribution in [3.05, 3.63) is 23.2 Å². The molecule has 2 aromatic rings. The Labute approximate surface area is 138 Å². The van der Waals surface area contributed by atoms with E-state index >= 15 is 0 Å². The Morgan fingerprint density at radius 2 is 2.32 bits per heavy atom. The maximum atomic E-state index is 12.4. The molecular formula is C16H17ClN4O. The van der Waals surface area contributed by atoms with Crippen LogP contribution in [0.5, 0.6) is 0 Å². The first-order chi connectivity index (χ1) is 11.8. The number of pyridine rings is 1. The van der Waals surface area contributed by atoms with Gasteiger partial charge in [0.15, 0.2) is 11.6 Å². The first-order valence-corrected chi connectivity index (χ1v) is 7.64. The molecule has 0 unspecified atom stereocenters. The van der Waals surface area contributed by atoms with Crippen LogP contribution in [-0.4, -0.2) is 20.3 Å². The van der Waals surface area contributed by atoms with Crippen molar-refractivity contribution in [2.24, 2.45) is 5.92 Å². The summed E-state index contributed by atoms with van der Waals surface area (Å²) in [6.07, 6.45) is 5.22. The number of hydrogen-bond acceptors (Lipinski definition) is 4. The minimum absolute atomic E-state index is 0.0419. The Morgan fingerprint density at radius 1 is 1.55 bits per heavy atom. The van der Waals surface area contributed by atoms with Gasteiger partial charge in [0.05, 0.1) is 17.8 Å². The summed E-state index contributed by atoms with van der Waals surface area (Å²) >= 11 is 5.99. The van der Waals surface area contributed by atoms with E-state index in [1.807, 2.05) is 0 Å². The van der Waals surface area contributed by atoms with Gasteiger partial charge in [-0.25, -0.2) is 9.97 Å². The van der Waals surface area contributed by atoms with Gasteiger partial charge >= 0.3 is 0 Å². The fraction of sp³-hybridized carbons (Fsp3) is 0.500. The van der Waals surface area contributed by atoms with Gasteiger partial charge in [0.1, 0.15) is 10.7 Å². The quantitative estimate of drug-likeness (QED) is 0.634. The van der Waals surface area contributed by atoms with Crippen LogP contribution in [0.25, 0.3) is 11.0 Å². The molecule has 114 valence electrons. The molecule has 0 aromatic carbocycles. The summed E-state index contributed by atoms with van der Waals surface area (Å²) in [4.78, 5) is 20.6. The summed E-state index contributed by atoms with van der Waals surface area (Å²) in [7, 11) is 0. The van der Waals surface area contributed by atoms with E-state index < -0.39 is 12.6 Å². The number of nitrogens with zero attached hydrogens (tertiary/aromatic N) is 4. The van der Waals surface area contributed by atoms with Crippen LogP contribution >= 0.6 is 11.6 Å². The summed E-state index contributed by atoms with van der Waals surface area (Å²) in [6.45, 7) is -2.76. The van der Waals surface area contributed by atoms with E-state index in [9.17, 15) is 4.79 Å². The van der Waals surface area contributed by atoms with Gasteiger partial charge in [-0.15, -0.1) is 0 Å². The van der Waals surface area contributed by atoms with Gasteiger partial charge in [-0.3, -0.25) is 4.79 Å². The summed E-state index contributed by atoms with van der Waals surface area (Å²) in [5.74, 6) is -0.690. The van der Waals surface area contributed by atoms with Crippen LogP contribution in [0, 0.1) is 17.2 Å². The molecule has 5 nitrogen and oxygen atoms in total. The van der Waals surface area contributed by atoms with E-state index in [1.54, 1.807) is 10.6 Å². The molecule has 0 saturated heterocycles. The molecule has 0 radical (unpaired) electrons. The van der Waals surface area contributed by atoms with E-state index in [4.69, 9.17) is 21.0 Å². The smallest absolute Gasteiger partial charge is 0.195 e. The summed E-state index contributed by atoms with van der Waals surface area (Å²) in [6, 6.07) is 3.77. The van der Waals surface area contributed by atoms with Crippen LogP contribution < -0.4 is 0 Å². The number of aromatic nitrogens is 3. The van der Waals surface area contributed by atoms with Gasteiger partial charge in [-0.05, 0) is 31.6 Å². The SMILES string of the molecule is [2H]C([2H])([2H])C(=O)c1nc2cnc(Cl)cc2n1C1CCC(CC#N)CC1. The molecule has 0 spiro atoms. The molecule has 1 aliphatic rings. The minimum Gasteiger partial charge on any atom is -0.318 e. The molecule has 6 heteroatoms. The molecule has 1 saturated carbocycles. The first kappa shape index (κ1) is 11.6. The second-order valence-corrected chi connectivity index (χ2v) is 6.05. The highest BCUT2D eigenvalue weighted by Gasteiger charge is 2.27. The second kappa shape index (κ2) is 6.05. The lowest BCUT2D eigenvalue weighted by Gasteiger charge is -2.29. The zero-order valence-electron chi connectivity index (χ0n) is 14.9. The fourth-order valence-electron chi connectivity index (χ4n) is 3.24. The number of carbonyl (C=O) groups excluding carboxylic acids is 1. The molecule has 1 aliphatic carbocycles. The molecule has 3 rings (SSSR count). The molecule has 22 heavy (non-hydrogen) atoms. The van der Waals surface area contributed by atoms with Crippen LogP contribution in [0.2, 0.25) is 5.15 Å². The van der Waals surface area contributed by atoms with Gasteiger partial charge < -0.3 is 4.57 Å². The van der Waals surface area contributed by atoms with Crippen molar-refractivity contribution in [1.82, 2.24) is 14.5 Å². The van der Waals surface area contributed by atoms with Crippen LogP contribution in [-0.2, 0) is 0 Å². The van der Waals surface area contributed by atoms with Crippen molar-refractivity contribution in [3.8, 4) is 6.07 Å². The molecule has 2 heterocycles. The molecule has 0 N–H and O–H groups in total. The lowest BCUT2D eigenvalue weighted by atomic mass is 9.84. The van der Waals surface area contributed by atoms with E-state index in [0.29, 0.717) is 23.4 Å². The molecule has 0 bridgehead atoms. The fourth-order valence-corrected chi connectivity index (χ4v) is 3.39. The van der Waals surface area contributed by atoms with Crippen molar-refractivity contribution in [2.45, 2.75) is 45.0 Å². The molecular weight excluding hydrogens is 300 g/mol. The van der Waals surface area contributed by atoms with Gasteiger partial charge in [-0.2, -0.15) is 5.26 Å². The predicted molar refractivity (Wildman–Crippen MR) is 83.8 cm³/mol. The number of rotatable bonds is 3. The maximum Gasteiger partial charge on any atom is 0.195 e. The van der Waals surface area contributed by atoms with Crippen molar-refractivity contribution >= 4 is 28.4 Å². The summed E-state index contributed by atoms with van der Waals surface area (Å²) in [5, 5.41) is 9.12. The van der Waals surface area contributed by atoms with E-state index in [-0.39, 0.29) is 17.0 Å². The van der Waals surface area contributed by atoms with Crippen molar-refractivity contribution in [1.29, 1.82) is 5.26 Å². The molecule has 0 amide bonds. The predicted octanol–water partition coefficient (Wildman–Crippen LogP) is 3.93. The third-order valence-corrected chi connectivity index (χ3v) is 4.51. The van der Waals surface area contributed by atoms with Crippen LogP contribution in [0.4, 0.5) is 0 Å². The average molecular weight is 320 g/mol. The largest absolute Gasteiger partial charge is 0.318 e. The molecule has 2 aromatic heterocycles. The lowest BCUT2D eigenvalue weighted by Crippen LogP contribution is -2.21. The minimum atomic E-state index is -2.76. The third kappa shape index (κ3) is 2.71. The van der Waals surface area contributed by atoms with E-state index in [1.165, 1.54) is 6.20 Å². The number of fused-ring (bicyclic) bond motifs is 1. The van der Waals surface area contributed by atoms with Crippen molar-refractivity contribution in [2.75, 3.05) is 0 Å². The zero-order chi connectivity index (χ0) is 18.2. The standard InChI is InChI=1S/C16H17ClN4O/c1-10(22)16-20-13-9-19-15(17)8-14(13)21(16)12-4-2-11(3-5-12)6-7-18/h8-9,11-12H,2-6H2,1H3/i1D3. The highest BCUT2D eigenvalue weighted by Crippen LogP contribution is 2.36. The van der Waals surface area contributed by atoms with Crippen LogP contribution in [0.15, 0.2) is 12.3 Å². The number of ketones is 1. The Hall–Kier alpha value is -1.93. The summed E-state index contributed by atoms with van der Waals surface area (Å²) in [5.41, 5.74) is 1.08. The lowest BCUT2D eigenvalue weighted by molar-refractivity contribution is 0.0995. The highest BCUT2D eigenvalue weighted by molar-refractivity contribution is 6.30. The zero-order valence-corrected chi connectivity index (χ0v) is 12.7. The van der Waals surface area contributed by atoms with Crippen molar-refractivity contribution < 1.29 is 8.91 Å². The summed E-state index contributed by atoms with van der Waals surface area (Å²) < 4.78 is 24.0. The van der Waals surface area contributed by atoms with Crippen LogP contribution in [0.1, 0.15) is 59.7 Å². The number of halogens is 1. The third-order valence-electron chi connectivity index (χ3n) is 4.31. The highest BCUT2D eigenvalue weighted by atomic mass is 35.5. The van der Waals surface area contributed by atoms with Gasteiger partial charge in [0.25, 0.3) is 0 Å². The number of Topliss-reactive ketones (excluding diaryl/α,β-unsaturated/α-hetero) is 1. The molecule has 0 atom stereocenters. The first-order valence-electron chi connectivity index (χ1n) is 8.76. The maximum absolute atomic E-state index is 12.4. The van der Waals surface area contributed by atoms with Gasteiger partial charge in [-0.1, -0.05) is 11.6 Å². The van der Waals surface area contributed by atoms with Crippen LogP contribution in [0.3, 0.4) is 0 Å². The Morgan fingerprint density at radius 3 is 3.00 bits per heavy atom. The van der Waals surface area contributed by atoms with E-state index in [2.05, 4.69) is 16.0 Å². The van der Waals surface area contributed by atoms with Gasteiger partial charge in [0.2, 0.25) is 0 Å². The van der Waals surface area contributed by atoms with E-state index in [0.717, 1.165) is 25.7 Å². The Bertz CT molecular complexity index is 847. The normalized spacial score (nSPS) is 24.3. The average Bonchev–Trinajstić information content (AvgIpc) is 2.92. The molecule has 0 aliphatic heterocycles. The topological polar surface area (TPSA) is 71.6 Å². The number of hydrogen-bond donors (Lipinski definition) is 0. The number of nitriles is 1. The van der Waals surface area contributed by atoms with Crippen molar-refractivity contribution in [3.63, 3.8) is 0 Å².